The van der Waals surface area contributed by atoms with E-state index in [0.717, 1.165) is 19.3 Å². The van der Waals surface area contributed by atoms with Crippen molar-refractivity contribution in [1.29, 1.82) is 0 Å². The molecule has 138 valence electrons. The van der Waals surface area contributed by atoms with Crippen molar-refractivity contribution in [2.24, 2.45) is 0 Å². The number of Topliss-reactive ketones (excluding diaryl/α,β-unsaturated/α-hetero) is 1. The van der Waals surface area contributed by atoms with E-state index < -0.39 is 11.6 Å². The summed E-state index contributed by atoms with van der Waals surface area (Å²) < 4.78 is 36.8. The first-order valence-electron chi connectivity index (χ1n) is 9.29. The first kappa shape index (κ1) is 17.3. The molecule has 1 atom stereocenters. The Morgan fingerprint density at radius 3 is 2.62 bits per heavy atom. The van der Waals surface area contributed by atoms with E-state index in [4.69, 9.17) is 4.74 Å². The monoisotopic (exact) mass is 360 g/mol. The number of carbonyl (C=O) groups is 1. The minimum Gasteiger partial charge on any atom is -0.357 e. The fourth-order valence-corrected chi connectivity index (χ4v) is 3.92. The first-order chi connectivity index (χ1) is 12.6. The minimum absolute atomic E-state index is 0.0883. The van der Waals surface area contributed by atoms with Gasteiger partial charge in [0, 0.05) is 36.8 Å². The van der Waals surface area contributed by atoms with Gasteiger partial charge in [-0.3, -0.25) is 4.79 Å². The third kappa shape index (κ3) is 3.30. The largest absolute Gasteiger partial charge is 0.357 e. The van der Waals surface area contributed by atoms with Crippen LogP contribution >= 0.6 is 0 Å². The van der Waals surface area contributed by atoms with Gasteiger partial charge in [-0.1, -0.05) is 12.1 Å². The molecular weight excluding hydrogens is 338 g/mol. The zero-order chi connectivity index (χ0) is 18.1. The van der Waals surface area contributed by atoms with E-state index in [2.05, 4.69) is 5.10 Å². The van der Waals surface area contributed by atoms with Gasteiger partial charge in [-0.15, -0.1) is 0 Å². The number of halogens is 2. The maximum atomic E-state index is 14.7. The van der Waals surface area contributed by atoms with Crippen LogP contribution in [0, 0.1) is 11.6 Å². The number of ether oxygens (including phenoxy) is 1. The molecule has 1 saturated carbocycles. The van der Waals surface area contributed by atoms with E-state index in [9.17, 15) is 13.6 Å². The van der Waals surface area contributed by atoms with E-state index in [1.807, 2.05) is 0 Å². The van der Waals surface area contributed by atoms with Gasteiger partial charge in [-0.2, -0.15) is 5.10 Å². The van der Waals surface area contributed by atoms with Gasteiger partial charge < -0.3 is 4.74 Å². The Balaban J connectivity index is 1.58. The summed E-state index contributed by atoms with van der Waals surface area (Å²) in [4.78, 5) is 11.4. The fraction of sp³-hybridized carbons (Fsp3) is 0.500. The van der Waals surface area contributed by atoms with Crippen molar-refractivity contribution in [3.05, 3.63) is 41.7 Å². The molecule has 1 aliphatic heterocycles. The molecule has 1 saturated heterocycles. The summed E-state index contributed by atoms with van der Waals surface area (Å²) in [6.45, 7) is 0.696. The van der Waals surface area contributed by atoms with Crippen LogP contribution < -0.4 is 0 Å². The van der Waals surface area contributed by atoms with Crippen molar-refractivity contribution in [3.63, 3.8) is 0 Å². The summed E-state index contributed by atoms with van der Waals surface area (Å²) in [5, 5.41) is 4.27. The third-order valence-electron chi connectivity index (χ3n) is 5.46. The van der Waals surface area contributed by atoms with Crippen LogP contribution in [0.2, 0.25) is 0 Å². The van der Waals surface area contributed by atoms with Crippen molar-refractivity contribution in [3.8, 4) is 11.1 Å². The van der Waals surface area contributed by atoms with Crippen LogP contribution in [0.15, 0.2) is 24.5 Å². The lowest BCUT2D eigenvalue weighted by Gasteiger charge is -2.22. The average molecular weight is 360 g/mol. The molecule has 2 heterocycles. The Kier molecular flexibility index (Phi) is 4.85. The normalized spacial score (nSPS) is 21.9. The van der Waals surface area contributed by atoms with Crippen molar-refractivity contribution in [2.45, 2.75) is 57.1 Å². The quantitative estimate of drug-likeness (QED) is 0.793. The van der Waals surface area contributed by atoms with Crippen LogP contribution in [0.4, 0.5) is 8.78 Å². The lowest BCUT2D eigenvalue weighted by Crippen LogP contribution is -2.18. The van der Waals surface area contributed by atoms with Gasteiger partial charge in [-0.05, 0) is 43.6 Å². The van der Waals surface area contributed by atoms with Gasteiger partial charge in [0.2, 0.25) is 0 Å². The second kappa shape index (κ2) is 7.27. The highest BCUT2D eigenvalue weighted by Crippen LogP contribution is 2.36. The van der Waals surface area contributed by atoms with Crippen LogP contribution in [0.5, 0.6) is 0 Å². The molecule has 0 N–H and O–H groups in total. The van der Waals surface area contributed by atoms with Gasteiger partial charge in [0.05, 0.1) is 6.20 Å². The summed E-state index contributed by atoms with van der Waals surface area (Å²) in [5.41, 5.74) is 1.13. The lowest BCUT2D eigenvalue weighted by molar-refractivity contribution is -0.120. The SMILES string of the molecule is O=C1CCC(c2ccc(-c3cnn(C4CCCCO4)c3)c(F)c2F)CC1. The molecular formula is C20H22F2N2O2. The Hall–Kier alpha value is -2.08. The molecule has 1 unspecified atom stereocenters. The van der Waals surface area contributed by atoms with Gasteiger partial charge in [0.25, 0.3) is 0 Å². The van der Waals surface area contributed by atoms with Gasteiger partial charge in [0.1, 0.15) is 12.0 Å². The number of aromatic nitrogens is 2. The Labute approximate surface area is 151 Å². The highest BCUT2D eigenvalue weighted by atomic mass is 19.2. The van der Waals surface area contributed by atoms with Crippen molar-refractivity contribution >= 4 is 5.78 Å². The predicted octanol–water partition coefficient (Wildman–Crippen LogP) is 4.75. The van der Waals surface area contributed by atoms with E-state index in [-0.39, 0.29) is 23.5 Å². The maximum Gasteiger partial charge on any atom is 0.167 e. The smallest absolute Gasteiger partial charge is 0.167 e. The van der Waals surface area contributed by atoms with Crippen LogP contribution in [0.1, 0.15) is 62.7 Å². The highest BCUT2D eigenvalue weighted by molar-refractivity contribution is 5.79. The number of rotatable bonds is 3. The van der Waals surface area contributed by atoms with Crippen LogP contribution in [0.3, 0.4) is 0 Å². The lowest BCUT2D eigenvalue weighted by atomic mass is 9.82. The second-order valence-electron chi connectivity index (χ2n) is 7.17. The van der Waals surface area contributed by atoms with Crippen molar-refractivity contribution in [1.82, 2.24) is 9.78 Å². The Morgan fingerprint density at radius 2 is 1.88 bits per heavy atom. The predicted molar refractivity (Wildman–Crippen MR) is 92.6 cm³/mol. The molecule has 2 aliphatic rings. The molecule has 26 heavy (non-hydrogen) atoms. The van der Waals surface area contributed by atoms with Crippen LogP contribution in [0.25, 0.3) is 11.1 Å². The molecule has 1 aromatic heterocycles. The number of benzene rings is 1. The molecule has 0 spiro atoms. The Morgan fingerprint density at radius 1 is 1.08 bits per heavy atom. The topological polar surface area (TPSA) is 44.1 Å². The molecule has 2 fully saturated rings. The summed E-state index contributed by atoms with van der Waals surface area (Å²) in [6.07, 6.45) is 8.18. The molecule has 2 aromatic rings. The van der Waals surface area contributed by atoms with E-state index >= 15 is 0 Å². The highest BCUT2D eigenvalue weighted by Gasteiger charge is 2.26. The minimum atomic E-state index is -0.844. The van der Waals surface area contributed by atoms with Crippen molar-refractivity contribution in [2.75, 3.05) is 6.61 Å². The summed E-state index contributed by atoms with van der Waals surface area (Å²) in [7, 11) is 0. The third-order valence-corrected chi connectivity index (χ3v) is 5.46. The molecule has 0 bridgehead atoms. The number of hydrogen-bond donors (Lipinski definition) is 0. The molecule has 0 amide bonds. The standard InChI is InChI=1S/C20H22F2N2O2/c21-19-16(13-4-6-15(25)7-5-13)8-9-17(20(19)22)14-11-23-24(12-14)18-3-1-2-10-26-18/h8-9,11-13,18H,1-7,10H2. The first-order valence-corrected chi connectivity index (χ1v) is 9.29. The Bertz CT molecular complexity index is 802. The molecule has 1 aliphatic carbocycles. The molecule has 0 radical (unpaired) electrons. The second-order valence-corrected chi connectivity index (χ2v) is 7.17. The van der Waals surface area contributed by atoms with E-state index in [1.165, 1.54) is 0 Å². The van der Waals surface area contributed by atoms with Crippen LogP contribution in [-0.2, 0) is 9.53 Å². The summed E-state index contributed by atoms with van der Waals surface area (Å²) >= 11 is 0. The zero-order valence-electron chi connectivity index (χ0n) is 14.6. The molecule has 6 heteroatoms. The van der Waals surface area contributed by atoms with E-state index in [1.54, 1.807) is 29.2 Å². The van der Waals surface area contributed by atoms with Gasteiger partial charge in [0.15, 0.2) is 11.6 Å². The van der Waals surface area contributed by atoms with Crippen LogP contribution in [-0.4, -0.2) is 22.2 Å². The summed E-state index contributed by atoms with van der Waals surface area (Å²) in [5.74, 6) is -1.53. The number of carbonyl (C=O) groups excluding carboxylic acids is 1. The molecule has 1 aromatic carbocycles. The van der Waals surface area contributed by atoms with Gasteiger partial charge in [-0.25, -0.2) is 13.5 Å². The van der Waals surface area contributed by atoms with Crippen molar-refractivity contribution < 1.29 is 18.3 Å². The van der Waals surface area contributed by atoms with Gasteiger partial charge >= 0.3 is 0 Å². The number of hydrogen-bond acceptors (Lipinski definition) is 3. The molecule has 4 rings (SSSR count). The average Bonchev–Trinajstić information content (AvgIpc) is 3.15. The summed E-state index contributed by atoms with van der Waals surface area (Å²) in [6, 6.07) is 3.27. The number of ketones is 1. The fourth-order valence-electron chi connectivity index (χ4n) is 3.92. The number of nitrogens with zero attached hydrogens (tertiary/aromatic N) is 2. The molecule has 4 nitrogen and oxygen atoms in total. The maximum absolute atomic E-state index is 14.7. The van der Waals surface area contributed by atoms with E-state index in [0.29, 0.717) is 43.4 Å². The zero-order valence-corrected chi connectivity index (χ0v) is 14.6.